The van der Waals surface area contributed by atoms with Gasteiger partial charge in [-0.3, -0.25) is 0 Å². The van der Waals surface area contributed by atoms with Crippen molar-refractivity contribution in [1.29, 1.82) is 0 Å². The lowest BCUT2D eigenvalue weighted by Gasteiger charge is -2.35. The first-order chi connectivity index (χ1) is 8.06. The van der Waals surface area contributed by atoms with E-state index in [2.05, 4.69) is 38.2 Å². The topological polar surface area (TPSA) is 24.5 Å². The van der Waals surface area contributed by atoms with Gasteiger partial charge in [0.2, 0.25) is 0 Å². The number of hydrogen-bond donors (Lipinski definition) is 1. The van der Waals surface area contributed by atoms with Crippen LogP contribution in [-0.4, -0.2) is 50.8 Å². The van der Waals surface area contributed by atoms with Crippen molar-refractivity contribution < 1.29 is 4.74 Å². The summed E-state index contributed by atoms with van der Waals surface area (Å²) in [6.07, 6.45) is 5.54. The van der Waals surface area contributed by atoms with Crippen LogP contribution < -0.4 is 5.32 Å². The molecule has 17 heavy (non-hydrogen) atoms. The summed E-state index contributed by atoms with van der Waals surface area (Å²) in [5.41, 5.74) is 0. The van der Waals surface area contributed by atoms with Crippen molar-refractivity contribution in [3.8, 4) is 0 Å². The molecule has 0 bridgehead atoms. The fourth-order valence-corrected chi connectivity index (χ4v) is 2.90. The van der Waals surface area contributed by atoms with E-state index in [-0.39, 0.29) is 0 Å². The highest BCUT2D eigenvalue weighted by Gasteiger charge is 2.26. The number of methoxy groups -OCH3 is 1. The molecule has 0 heterocycles. The zero-order chi connectivity index (χ0) is 12.8. The summed E-state index contributed by atoms with van der Waals surface area (Å²) in [6, 6.07) is 1.16. The van der Waals surface area contributed by atoms with Gasteiger partial charge in [-0.15, -0.1) is 0 Å². The molecule has 3 unspecified atom stereocenters. The molecule has 1 aliphatic rings. The maximum Gasteiger partial charge on any atom is 0.0724 e. The van der Waals surface area contributed by atoms with Crippen molar-refractivity contribution in [3.05, 3.63) is 0 Å². The standard InChI is InChI=1S/C14H30N2O/c1-11(2)13(16(3)4)10-15-12-8-6-7-9-14(12)17-5/h11-15H,6-10H2,1-5H3. The molecule has 0 aliphatic heterocycles. The van der Waals surface area contributed by atoms with Gasteiger partial charge in [-0.25, -0.2) is 0 Å². The van der Waals surface area contributed by atoms with Gasteiger partial charge in [-0.1, -0.05) is 26.7 Å². The summed E-state index contributed by atoms with van der Waals surface area (Å²) in [5, 5.41) is 3.72. The monoisotopic (exact) mass is 242 g/mol. The van der Waals surface area contributed by atoms with Gasteiger partial charge in [-0.05, 0) is 32.9 Å². The number of nitrogens with one attached hydrogen (secondary N) is 1. The quantitative estimate of drug-likeness (QED) is 0.772. The van der Waals surface area contributed by atoms with Crippen molar-refractivity contribution in [2.45, 2.75) is 57.7 Å². The second-order valence-electron chi connectivity index (χ2n) is 5.85. The second kappa shape index (κ2) is 7.34. The molecule has 1 aliphatic carbocycles. The average molecular weight is 242 g/mol. The summed E-state index contributed by atoms with van der Waals surface area (Å²) in [7, 11) is 6.18. The smallest absolute Gasteiger partial charge is 0.0724 e. The third-order valence-corrected chi connectivity index (χ3v) is 4.03. The van der Waals surface area contributed by atoms with E-state index in [0.29, 0.717) is 24.1 Å². The maximum absolute atomic E-state index is 5.58. The van der Waals surface area contributed by atoms with Gasteiger partial charge >= 0.3 is 0 Å². The van der Waals surface area contributed by atoms with Crippen molar-refractivity contribution in [1.82, 2.24) is 10.2 Å². The fraction of sp³-hybridized carbons (Fsp3) is 1.00. The van der Waals surface area contributed by atoms with E-state index in [1.54, 1.807) is 0 Å². The SMILES string of the molecule is COC1CCCCC1NCC(C(C)C)N(C)C. The highest BCUT2D eigenvalue weighted by Crippen LogP contribution is 2.21. The normalized spacial score (nSPS) is 27.7. The fourth-order valence-electron chi connectivity index (χ4n) is 2.90. The van der Waals surface area contributed by atoms with Gasteiger partial charge in [0.25, 0.3) is 0 Å². The maximum atomic E-state index is 5.58. The van der Waals surface area contributed by atoms with Gasteiger partial charge < -0.3 is 15.0 Å². The summed E-state index contributed by atoms with van der Waals surface area (Å²) >= 11 is 0. The minimum atomic E-state index is 0.415. The van der Waals surface area contributed by atoms with E-state index in [1.165, 1.54) is 25.7 Å². The van der Waals surface area contributed by atoms with Crippen LogP contribution in [0.5, 0.6) is 0 Å². The average Bonchev–Trinajstić information content (AvgIpc) is 2.29. The van der Waals surface area contributed by atoms with Crippen molar-refractivity contribution >= 4 is 0 Å². The molecule has 0 spiro atoms. The van der Waals surface area contributed by atoms with Gasteiger partial charge in [0.05, 0.1) is 6.10 Å². The van der Waals surface area contributed by atoms with E-state index < -0.39 is 0 Å². The van der Waals surface area contributed by atoms with Crippen molar-refractivity contribution in [2.75, 3.05) is 27.7 Å². The number of nitrogens with zero attached hydrogens (tertiary/aromatic N) is 1. The van der Waals surface area contributed by atoms with Crippen molar-refractivity contribution in [3.63, 3.8) is 0 Å². The molecular formula is C14H30N2O. The third-order valence-electron chi connectivity index (χ3n) is 4.03. The number of rotatable bonds is 6. The Morgan fingerprint density at radius 3 is 2.41 bits per heavy atom. The Bertz CT molecular complexity index is 198. The molecule has 1 saturated carbocycles. The van der Waals surface area contributed by atoms with E-state index in [9.17, 15) is 0 Å². The zero-order valence-corrected chi connectivity index (χ0v) is 12.2. The van der Waals surface area contributed by atoms with Gasteiger partial charge in [0, 0.05) is 25.7 Å². The predicted molar refractivity (Wildman–Crippen MR) is 73.4 cm³/mol. The highest BCUT2D eigenvalue weighted by atomic mass is 16.5. The minimum Gasteiger partial charge on any atom is -0.380 e. The molecule has 3 nitrogen and oxygen atoms in total. The molecule has 102 valence electrons. The van der Waals surface area contributed by atoms with Gasteiger partial charge in [-0.2, -0.15) is 0 Å². The Morgan fingerprint density at radius 2 is 1.88 bits per heavy atom. The second-order valence-corrected chi connectivity index (χ2v) is 5.85. The van der Waals surface area contributed by atoms with Crippen molar-refractivity contribution in [2.24, 2.45) is 5.92 Å². The summed E-state index contributed by atoms with van der Waals surface area (Å²) in [6.45, 7) is 5.65. The molecule has 0 amide bonds. The van der Waals surface area contributed by atoms with Gasteiger partial charge in [0.15, 0.2) is 0 Å². The lowest BCUT2D eigenvalue weighted by molar-refractivity contribution is 0.0386. The summed E-state index contributed by atoms with van der Waals surface area (Å²) in [4.78, 5) is 2.32. The Hall–Kier alpha value is -0.120. The Labute approximate surface area is 107 Å². The van der Waals surface area contributed by atoms with Crippen LogP contribution in [0, 0.1) is 5.92 Å². The van der Waals surface area contributed by atoms with Crippen LogP contribution in [-0.2, 0) is 4.74 Å². The molecule has 3 atom stereocenters. The highest BCUT2D eigenvalue weighted by molar-refractivity contribution is 4.84. The van der Waals surface area contributed by atoms with E-state index in [1.807, 2.05) is 7.11 Å². The minimum absolute atomic E-state index is 0.415. The third kappa shape index (κ3) is 4.57. The molecular weight excluding hydrogens is 212 g/mol. The number of hydrogen-bond acceptors (Lipinski definition) is 3. The van der Waals surface area contributed by atoms with Crippen LogP contribution >= 0.6 is 0 Å². The van der Waals surface area contributed by atoms with Crippen LogP contribution in [0.2, 0.25) is 0 Å². The van der Waals surface area contributed by atoms with Crippen LogP contribution in [0.4, 0.5) is 0 Å². The molecule has 0 aromatic carbocycles. The molecule has 1 N–H and O–H groups in total. The lowest BCUT2D eigenvalue weighted by atomic mass is 9.92. The first-order valence-corrected chi connectivity index (χ1v) is 6.98. The Balaban J connectivity index is 2.41. The molecule has 0 radical (unpaired) electrons. The first-order valence-electron chi connectivity index (χ1n) is 6.98. The first kappa shape index (κ1) is 14.9. The molecule has 0 saturated heterocycles. The predicted octanol–water partition coefficient (Wildman–Crippen LogP) is 2.12. The van der Waals surface area contributed by atoms with E-state index in [0.717, 1.165) is 6.54 Å². The largest absolute Gasteiger partial charge is 0.380 e. The molecule has 3 heteroatoms. The van der Waals surface area contributed by atoms with Gasteiger partial charge in [0.1, 0.15) is 0 Å². The Morgan fingerprint density at radius 1 is 1.24 bits per heavy atom. The zero-order valence-electron chi connectivity index (χ0n) is 12.2. The van der Waals surface area contributed by atoms with Crippen LogP contribution in [0.1, 0.15) is 39.5 Å². The van der Waals surface area contributed by atoms with E-state index in [4.69, 9.17) is 4.74 Å². The molecule has 0 aromatic heterocycles. The number of likely N-dealkylation sites (N-methyl/N-ethyl adjacent to an activating group) is 1. The number of ether oxygens (including phenoxy) is 1. The lowest BCUT2D eigenvalue weighted by Crippen LogP contribution is -2.49. The van der Waals surface area contributed by atoms with Crippen LogP contribution in [0.25, 0.3) is 0 Å². The molecule has 1 fully saturated rings. The molecule has 0 aromatic rings. The Kier molecular flexibility index (Phi) is 6.45. The molecule has 1 rings (SSSR count). The summed E-state index contributed by atoms with van der Waals surface area (Å²) in [5.74, 6) is 0.682. The van der Waals surface area contributed by atoms with Crippen LogP contribution in [0.3, 0.4) is 0 Å². The summed E-state index contributed by atoms with van der Waals surface area (Å²) < 4.78 is 5.58. The van der Waals surface area contributed by atoms with E-state index >= 15 is 0 Å². The van der Waals surface area contributed by atoms with Crippen LogP contribution in [0.15, 0.2) is 0 Å².